The monoisotopic (exact) mass is 330 g/mol. The summed E-state index contributed by atoms with van der Waals surface area (Å²) < 4.78 is 5.52. The average Bonchev–Trinajstić information content (AvgIpc) is 2.60. The number of esters is 1. The Bertz CT molecular complexity index is 699. The van der Waals surface area contributed by atoms with Gasteiger partial charge in [0.25, 0.3) is 0 Å². The van der Waals surface area contributed by atoms with Crippen molar-refractivity contribution in [2.24, 2.45) is 0 Å². The summed E-state index contributed by atoms with van der Waals surface area (Å²) in [6, 6.07) is 14.6. The lowest BCUT2D eigenvalue weighted by Gasteiger charge is -2.37. The van der Waals surface area contributed by atoms with Crippen molar-refractivity contribution in [1.29, 1.82) is 0 Å². The van der Waals surface area contributed by atoms with Crippen LogP contribution in [0.3, 0.4) is 0 Å². The maximum Gasteiger partial charge on any atom is 0.338 e. The third kappa shape index (κ3) is 3.26. The Balaban J connectivity index is 1.82. The van der Waals surface area contributed by atoms with E-state index in [9.17, 15) is 9.90 Å². The summed E-state index contributed by atoms with van der Waals surface area (Å²) >= 11 is 6.07. The lowest BCUT2D eigenvalue weighted by molar-refractivity contribution is 0.0284. The number of halogens is 1. The zero-order chi connectivity index (χ0) is 16.3. The van der Waals surface area contributed by atoms with Gasteiger partial charge < -0.3 is 9.84 Å². The van der Waals surface area contributed by atoms with Gasteiger partial charge >= 0.3 is 5.97 Å². The number of aryl methyl sites for hydroxylation is 1. The van der Waals surface area contributed by atoms with Crippen molar-refractivity contribution in [3.05, 3.63) is 70.2 Å². The number of rotatable bonds is 4. The van der Waals surface area contributed by atoms with Crippen LogP contribution in [0.4, 0.5) is 0 Å². The van der Waals surface area contributed by atoms with Crippen LogP contribution in [0.5, 0.6) is 0 Å². The van der Waals surface area contributed by atoms with Crippen molar-refractivity contribution >= 4 is 17.6 Å². The molecule has 3 nitrogen and oxygen atoms in total. The van der Waals surface area contributed by atoms with E-state index in [-0.39, 0.29) is 19.2 Å². The number of ether oxygens (including phenoxy) is 1. The van der Waals surface area contributed by atoms with Crippen LogP contribution in [0.25, 0.3) is 0 Å². The smallest absolute Gasteiger partial charge is 0.338 e. The molecule has 1 aliphatic rings. The highest BCUT2D eigenvalue weighted by Crippen LogP contribution is 2.38. The second-order valence-corrected chi connectivity index (χ2v) is 6.47. The van der Waals surface area contributed by atoms with Crippen molar-refractivity contribution in [2.45, 2.75) is 24.7 Å². The summed E-state index contributed by atoms with van der Waals surface area (Å²) in [4.78, 5) is 12.2. The molecule has 120 valence electrons. The molecule has 0 bridgehead atoms. The molecular formula is C19H19ClO3. The Hall–Kier alpha value is -1.84. The number of hydrogen-bond acceptors (Lipinski definition) is 3. The van der Waals surface area contributed by atoms with Crippen LogP contribution in [0.15, 0.2) is 48.5 Å². The molecule has 0 spiro atoms. The van der Waals surface area contributed by atoms with Gasteiger partial charge in [-0.3, -0.25) is 0 Å². The number of fused-ring (bicyclic) bond motifs is 1. The molecule has 1 atom stereocenters. The third-order valence-electron chi connectivity index (χ3n) is 4.53. The number of carbonyl (C=O) groups excluding carboxylic acids is 1. The average molecular weight is 331 g/mol. The van der Waals surface area contributed by atoms with Crippen LogP contribution >= 0.6 is 11.6 Å². The van der Waals surface area contributed by atoms with Crippen LogP contribution in [0.1, 0.15) is 34.3 Å². The van der Waals surface area contributed by atoms with Crippen molar-refractivity contribution in [3.63, 3.8) is 0 Å². The highest BCUT2D eigenvalue weighted by atomic mass is 35.5. The largest absolute Gasteiger partial charge is 0.461 e. The van der Waals surface area contributed by atoms with Gasteiger partial charge in [0.2, 0.25) is 0 Å². The first-order valence-electron chi connectivity index (χ1n) is 7.77. The molecule has 3 rings (SSSR count). The standard InChI is InChI=1S/C19H19ClO3/c20-16-8-9-17-15(11-16)7-4-10-19(17,12-21)13-23-18(22)14-5-2-1-3-6-14/h1-3,5-6,8-9,11,21H,4,7,10,12-13H2/t19-/m0/s1. The predicted octanol–water partition coefficient (Wildman–Crippen LogP) is 3.76. The molecule has 0 radical (unpaired) electrons. The number of benzene rings is 2. The summed E-state index contributed by atoms with van der Waals surface area (Å²) in [7, 11) is 0. The van der Waals surface area contributed by atoms with Crippen molar-refractivity contribution in [2.75, 3.05) is 13.2 Å². The van der Waals surface area contributed by atoms with Crippen molar-refractivity contribution < 1.29 is 14.6 Å². The van der Waals surface area contributed by atoms with Gasteiger partial charge in [0.1, 0.15) is 6.61 Å². The van der Waals surface area contributed by atoms with E-state index in [0.29, 0.717) is 10.6 Å². The zero-order valence-electron chi connectivity index (χ0n) is 12.8. The Labute approximate surface area is 140 Å². The second kappa shape index (κ2) is 6.73. The molecule has 2 aromatic carbocycles. The maximum atomic E-state index is 12.2. The fourth-order valence-corrected chi connectivity index (χ4v) is 3.45. The minimum absolute atomic E-state index is 0.0519. The first-order chi connectivity index (χ1) is 11.1. The minimum atomic E-state index is -0.539. The minimum Gasteiger partial charge on any atom is -0.461 e. The molecule has 4 heteroatoms. The SMILES string of the molecule is O=C(OC[C@@]1(CO)CCCc2cc(Cl)ccc21)c1ccccc1. The first-order valence-corrected chi connectivity index (χ1v) is 8.14. The fourth-order valence-electron chi connectivity index (χ4n) is 3.26. The summed E-state index contributed by atoms with van der Waals surface area (Å²) in [5.41, 5.74) is 2.15. The maximum absolute atomic E-state index is 12.2. The molecule has 0 aromatic heterocycles. The van der Waals surface area contributed by atoms with E-state index in [1.54, 1.807) is 24.3 Å². The van der Waals surface area contributed by atoms with Gasteiger partial charge in [0.15, 0.2) is 0 Å². The third-order valence-corrected chi connectivity index (χ3v) is 4.77. The van der Waals surface area contributed by atoms with E-state index in [4.69, 9.17) is 16.3 Å². The summed E-state index contributed by atoms with van der Waals surface area (Å²) in [5.74, 6) is -0.362. The molecule has 0 unspecified atom stereocenters. The number of hydrogen-bond donors (Lipinski definition) is 1. The van der Waals surface area contributed by atoms with E-state index in [1.807, 2.05) is 24.3 Å². The summed E-state index contributed by atoms with van der Waals surface area (Å²) in [6.07, 6.45) is 2.67. The highest BCUT2D eigenvalue weighted by molar-refractivity contribution is 6.30. The van der Waals surface area contributed by atoms with Gasteiger partial charge in [0, 0.05) is 5.02 Å². The van der Waals surface area contributed by atoms with Crippen LogP contribution in [-0.2, 0) is 16.6 Å². The highest BCUT2D eigenvalue weighted by Gasteiger charge is 2.37. The van der Waals surface area contributed by atoms with E-state index in [0.717, 1.165) is 30.4 Å². The topological polar surface area (TPSA) is 46.5 Å². The van der Waals surface area contributed by atoms with Gasteiger partial charge in [-0.25, -0.2) is 4.79 Å². The van der Waals surface area contributed by atoms with Crippen LogP contribution in [0, 0.1) is 0 Å². The Morgan fingerprint density at radius 1 is 1.22 bits per heavy atom. The molecule has 0 saturated carbocycles. The van der Waals surface area contributed by atoms with E-state index >= 15 is 0 Å². The van der Waals surface area contributed by atoms with E-state index in [2.05, 4.69) is 0 Å². The zero-order valence-corrected chi connectivity index (χ0v) is 13.6. The van der Waals surface area contributed by atoms with Gasteiger partial charge in [-0.2, -0.15) is 0 Å². The molecule has 0 aliphatic heterocycles. The quantitative estimate of drug-likeness (QED) is 0.868. The number of aliphatic hydroxyl groups is 1. The molecule has 1 N–H and O–H groups in total. The lowest BCUT2D eigenvalue weighted by atomic mass is 9.71. The second-order valence-electron chi connectivity index (χ2n) is 6.04. The van der Waals surface area contributed by atoms with Crippen molar-refractivity contribution in [1.82, 2.24) is 0 Å². The lowest BCUT2D eigenvalue weighted by Crippen LogP contribution is -2.40. The van der Waals surface area contributed by atoms with Gasteiger partial charge in [-0.05, 0) is 54.7 Å². The molecule has 1 aliphatic carbocycles. The molecule has 0 saturated heterocycles. The van der Waals surface area contributed by atoms with Crippen LogP contribution < -0.4 is 0 Å². The molecule has 2 aromatic rings. The number of aliphatic hydroxyl groups excluding tert-OH is 1. The molecule has 23 heavy (non-hydrogen) atoms. The van der Waals surface area contributed by atoms with E-state index < -0.39 is 5.41 Å². The Morgan fingerprint density at radius 2 is 2.00 bits per heavy atom. The van der Waals surface area contributed by atoms with Gasteiger partial charge in [-0.15, -0.1) is 0 Å². The summed E-state index contributed by atoms with van der Waals surface area (Å²) in [6.45, 7) is 0.121. The van der Waals surface area contributed by atoms with Gasteiger partial charge in [-0.1, -0.05) is 35.9 Å². The van der Waals surface area contributed by atoms with Crippen molar-refractivity contribution in [3.8, 4) is 0 Å². The molecule has 0 fully saturated rings. The van der Waals surface area contributed by atoms with Gasteiger partial charge in [0.05, 0.1) is 17.6 Å². The van der Waals surface area contributed by atoms with Crippen LogP contribution in [0.2, 0.25) is 5.02 Å². The number of carbonyl (C=O) groups is 1. The normalized spacial score (nSPS) is 19.9. The summed E-state index contributed by atoms with van der Waals surface area (Å²) in [5, 5.41) is 10.7. The molecular weight excluding hydrogens is 312 g/mol. The Morgan fingerprint density at radius 3 is 2.74 bits per heavy atom. The molecule has 0 heterocycles. The van der Waals surface area contributed by atoms with Crippen LogP contribution in [-0.4, -0.2) is 24.3 Å². The predicted molar refractivity (Wildman–Crippen MR) is 89.9 cm³/mol. The van der Waals surface area contributed by atoms with E-state index in [1.165, 1.54) is 0 Å². The molecule has 0 amide bonds. The first kappa shape index (κ1) is 16.0. The Kier molecular flexibility index (Phi) is 4.69. The fraction of sp³-hybridized carbons (Fsp3) is 0.316.